The number of ether oxygens (including phenoxy) is 1. The van der Waals surface area contributed by atoms with E-state index in [1.165, 1.54) is 6.92 Å². The molecule has 0 aliphatic carbocycles. The molecule has 0 radical (unpaired) electrons. The van der Waals surface area contributed by atoms with Crippen molar-refractivity contribution in [3.8, 4) is 0 Å². The molecule has 5 amide bonds. The molecule has 0 aromatic heterocycles. The fourth-order valence-electron chi connectivity index (χ4n) is 4.65. The van der Waals surface area contributed by atoms with Crippen molar-refractivity contribution in [1.29, 1.82) is 0 Å². The van der Waals surface area contributed by atoms with Crippen molar-refractivity contribution in [3.05, 3.63) is 47.7 Å². The number of benzene rings is 1. The number of Topliss-reactive ketones (excluding diaryl/α,β-unsaturated/α-hetero) is 1. The maximum Gasteiger partial charge on any atom is 0.408 e. The van der Waals surface area contributed by atoms with Gasteiger partial charge in [0.15, 0.2) is 0 Å². The minimum Gasteiger partial charge on any atom is -0.445 e. The Kier molecular flexibility index (Phi) is 14.7. The number of amides is 5. The molecule has 0 spiro atoms. The van der Waals surface area contributed by atoms with Gasteiger partial charge in [0, 0.05) is 37.5 Å². The van der Waals surface area contributed by atoms with Gasteiger partial charge in [-0.25, -0.2) is 4.79 Å². The van der Waals surface area contributed by atoms with Crippen molar-refractivity contribution in [2.45, 2.75) is 92.3 Å². The van der Waals surface area contributed by atoms with E-state index in [0.717, 1.165) is 5.56 Å². The van der Waals surface area contributed by atoms with Crippen molar-refractivity contribution in [1.82, 2.24) is 26.6 Å². The van der Waals surface area contributed by atoms with E-state index in [0.29, 0.717) is 18.7 Å². The number of allylic oxidation sites excluding steroid dienone is 2. The smallest absolute Gasteiger partial charge is 0.408 e. The molecular formula is C33H49N5O7. The van der Waals surface area contributed by atoms with Crippen LogP contribution in [0.3, 0.4) is 0 Å². The summed E-state index contributed by atoms with van der Waals surface area (Å²) in [5, 5.41) is 13.5. The number of rotatable bonds is 16. The largest absolute Gasteiger partial charge is 0.445 e. The quantitative estimate of drug-likeness (QED) is 0.188. The molecule has 1 aromatic rings. The summed E-state index contributed by atoms with van der Waals surface area (Å²) in [6.07, 6.45) is 2.12. The van der Waals surface area contributed by atoms with Gasteiger partial charge in [-0.2, -0.15) is 0 Å². The van der Waals surface area contributed by atoms with Crippen molar-refractivity contribution in [2.75, 3.05) is 13.1 Å². The third-order valence-electron chi connectivity index (χ3n) is 6.90. The lowest BCUT2D eigenvalue weighted by Gasteiger charge is -2.25. The number of ketones is 1. The van der Waals surface area contributed by atoms with Crippen LogP contribution >= 0.6 is 0 Å². The lowest BCUT2D eigenvalue weighted by atomic mass is 9.92. The number of hydrogen-bond acceptors (Lipinski definition) is 7. The highest BCUT2D eigenvalue weighted by Gasteiger charge is 2.30. The Hall–Kier alpha value is -4.22. The van der Waals surface area contributed by atoms with Crippen LogP contribution in [-0.2, 0) is 35.3 Å². The van der Waals surface area contributed by atoms with Crippen LogP contribution in [0.5, 0.6) is 0 Å². The zero-order valence-electron chi connectivity index (χ0n) is 27.3. The highest BCUT2D eigenvalue weighted by molar-refractivity contribution is 5.92. The van der Waals surface area contributed by atoms with Crippen molar-refractivity contribution in [3.63, 3.8) is 0 Å². The number of carbonyl (C=O) groups is 6. The minimum absolute atomic E-state index is 0.0000410. The molecule has 2 rings (SSSR count). The summed E-state index contributed by atoms with van der Waals surface area (Å²) in [4.78, 5) is 76.2. The average Bonchev–Trinajstić information content (AvgIpc) is 3.35. The molecule has 248 valence electrons. The molecule has 1 aliphatic rings. The minimum atomic E-state index is -1.24. The van der Waals surface area contributed by atoms with Gasteiger partial charge in [-0.3, -0.25) is 24.0 Å². The predicted molar refractivity (Wildman–Crippen MR) is 169 cm³/mol. The molecule has 1 saturated heterocycles. The first kappa shape index (κ1) is 37.0. The van der Waals surface area contributed by atoms with Gasteiger partial charge in [0.2, 0.25) is 23.6 Å². The van der Waals surface area contributed by atoms with E-state index < -0.39 is 30.0 Å². The highest BCUT2D eigenvalue weighted by Crippen LogP contribution is 2.19. The van der Waals surface area contributed by atoms with Gasteiger partial charge in [-0.1, -0.05) is 71.0 Å². The van der Waals surface area contributed by atoms with Crippen LogP contribution in [0.1, 0.15) is 79.2 Å². The van der Waals surface area contributed by atoms with Crippen molar-refractivity contribution < 1.29 is 33.5 Å². The lowest BCUT2D eigenvalue weighted by Crippen LogP contribution is -2.57. The summed E-state index contributed by atoms with van der Waals surface area (Å²) in [5.41, 5.74) is 0.885. The average molecular weight is 628 g/mol. The molecule has 3 atom stereocenters. The first-order valence-electron chi connectivity index (χ1n) is 15.4. The van der Waals surface area contributed by atoms with Crippen molar-refractivity contribution >= 4 is 35.5 Å². The normalized spacial score (nSPS) is 16.3. The van der Waals surface area contributed by atoms with Gasteiger partial charge >= 0.3 is 6.09 Å². The van der Waals surface area contributed by atoms with Gasteiger partial charge in [-0.15, -0.1) is 0 Å². The van der Waals surface area contributed by atoms with Gasteiger partial charge < -0.3 is 31.3 Å². The number of hydrogen-bond donors (Lipinski definition) is 5. The van der Waals surface area contributed by atoms with E-state index in [4.69, 9.17) is 4.74 Å². The molecule has 1 aromatic carbocycles. The second kappa shape index (κ2) is 17.9. The number of carbonyl (C=O) groups excluding carboxylic acids is 6. The summed E-state index contributed by atoms with van der Waals surface area (Å²) < 4.78 is 5.29. The van der Waals surface area contributed by atoms with E-state index in [-0.39, 0.29) is 73.7 Å². The van der Waals surface area contributed by atoms with E-state index >= 15 is 0 Å². The number of nitrogens with one attached hydrogen (secondary N) is 5. The Morgan fingerprint density at radius 1 is 1.02 bits per heavy atom. The lowest BCUT2D eigenvalue weighted by molar-refractivity contribution is -0.130. The van der Waals surface area contributed by atoms with Gasteiger partial charge in [0.05, 0.1) is 0 Å². The molecule has 1 heterocycles. The monoisotopic (exact) mass is 627 g/mol. The summed E-state index contributed by atoms with van der Waals surface area (Å²) in [5.74, 6) is -2.07. The van der Waals surface area contributed by atoms with Crippen LogP contribution in [0.2, 0.25) is 0 Å². The fraction of sp³-hybridized carbons (Fsp3) is 0.576. The van der Waals surface area contributed by atoms with Gasteiger partial charge in [0.25, 0.3) is 0 Å². The van der Waals surface area contributed by atoms with E-state index in [1.807, 2.05) is 40.7 Å². The van der Waals surface area contributed by atoms with Crippen molar-refractivity contribution in [2.24, 2.45) is 17.3 Å². The molecular weight excluding hydrogens is 578 g/mol. The number of alkyl carbamates (subject to hydrolysis) is 1. The van der Waals surface area contributed by atoms with E-state index in [9.17, 15) is 28.8 Å². The molecule has 1 aliphatic heterocycles. The maximum absolute atomic E-state index is 13.5. The third kappa shape index (κ3) is 14.9. The van der Waals surface area contributed by atoms with Crippen LogP contribution in [0.4, 0.5) is 4.79 Å². The second-order valence-electron chi connectivity index (χ2n) is 13.1. The molecule has 0 unspecified atom stereocenters. The standard InChI is InChI=1S/C33H49N5O7/c1-21(2)16-26(30(42)36-25(13-12-22(3)39)17-24-14-15-34-29(24)41)37-31(43)27(19-35-28(40)18-33(4,5)6)38-32(44)45-20-23-10-8-7-9-11-23/h7-11,13,21,24,26-27H,12,14-20H2,1-6H3,(H,34,41)(H,35,40)(H,36,42)(H,37,43)(H,38,44)/t24-,26-,27-/m0/s1. The Morgan fingerprint density at radius 3 is 2.29 bits per heavy atom. The van der Waals surface area contributed by atoms with Crippen LogP contribution in [-0.4, -0.2) is 60.7 Å². The first-order chi connectivity index (χ1) is 21.1. The highest BCUT2D eigenvalue weighted by atomic mass is 16.5. The van der Waals surface area contributed by atoms with Crippen LogP contribution in [0.25, 0.3) is 0 Å². The predicted octanol–water partition coefficient (Wildman–Crippen LogP) is 2.87. The van der Waals surface area contributed by atoms with Crippen LogP contribution < -0.4 is 26.6 Å². The Balaban J connectivity index is 2.19. The zero-order valence-corrected chi connectivity index (χ0v) is 27.3. The summed E-state index contributed by atoms with van der Waals surface area (Å²) in [6, 6.07) is 6.78. The summed E-state index contributed by atoms with van der Waals surface area (Å²) in [6.45, 7) is 11.2. The van der Waals surface area contributed by atoms with E-state index in [2.05, 4.69) is 26.6 Å². The topological polar surface area (TPSA) is 172 Å². The molecule has 45 heavy (non-hydrogen) atoms. The van der Waals surface area contributed by atoms with Gasteiger partial charge in [-0.05, 0) is 43.1 Å². The molecule has 0 bridgehead atoms. The Bertz CT molecular complexity index is 1220. The van der Waals surface area contributed by atoms with Gasteiger partial charge in [0.1, 0.15) is 24.5 Å². The molecule has 5 N–H and O–H groups in total. The summed E-state index contributed by atoms with van der Waals surface area (Å²) >= 11 is 0. The van der Waals surface area contributed by atoms with Crippen LogP contribution in [0, 0.1) is 17.3 Å². The summed E-state index contributed by atoms with van der Waals surface area (Å²) in [7, 11) is 0. The fourth-order valence-corrected chi connectivity index (χ4v) is 4.65. The Labute approximate surface area is 265 Å². The maximum atomic E-state index is 13.5. The van der Waals surface area contributed by atoms with Crippen LogP contribution in [0.15, 0.2) is 42.1 Å². The molecule has 12 heteroatoms. The molecule has 12 nitrogen and oxygen atoms in total. The van der Waals surface area contributed by atoms with E-state index in [1.54, 1.807) is 30.3 Å². The Morgan fingerprint density at radius 2 is 1.71 bits per heavy atom. The molecule has 0 saturated carbocycles. The molecule has 1 fully saturated rings. The second-order valence-corrected chi connectivity index (χ2v) is 13.1. The first-order valence-corrected chi connectivity index (χ1v) is 15.4. The zero-order chi connectivity index (χ0) is 33.6. The SMILES string of the molecule is CC(=O)CC=C(C[C@@H]1CCNC1=O)NC(=O)[C@H](CC(C)C)NC(=O)[C@H](CNC(=O)CC(C)(C)C)NC(=O)OCc1ccccc1. The third-order valence-corrected chi connectivity index (χ3v) is 6.90.